The maximum atomic E-state index is 12.8. The van der Waals surface area contributed by atoms with E-state index in [-0.39, 0.29) is 53.8 Å². The highest BCUT2D eigenvalue weighted by Crippen LogP contribution is 2.31. The first-order valence-electron chi connectivity index (χ1n) is 9.47. The van der Waals surface area contributed by atoms with Crippen molar-refractivity contribution in [2.24, 2.45) is 5.73 Å². The van der Waals surface area contributed by atoms with Gasteiger partial charge >= 0.3 is 0 Å². The summed E-state index contributed by atoms with van der Waals surface area (Å²) in [4.78, 5) is 51.2. The minimum absolute atomic E-state index is 0.0124. The van der Waals surface area contributed by atoms with Crippen molar-refractivity contribution in [3.63, 3.8) is 0 Å². The Morgan fingerprint density at radius 3 is 2.61 bits per heavy atom. The van der Waals surface area contributed by atoms with Gasteiger partial charge in [-0.15, -0.1) is 0 Å². The molecule has 1 atom stereocenters. The maximum absolute atomic E-state index is 12.8. The van der Waals surface area contributed by atoms with Gasteiger partial charge in [0.15, 0.2) is 13.0 Å². The third-order valence-corrected chi connectivity index (χ3v) is 5.73. The van der Waals surface area contributed by atoms with Gasteiger partial charge in [-0.25, -0.2) is 4.90 Å². The van der Waals surface area contributed by atoms with E-state index in [1.807, 2.05) is 6.07 Å². The van der Waals surface area contributed by atoms with Crippen LogP contribution in [0.1, 0.15) is 32.5 Å². The van der Waals surface area contributed by atoms with Crippen molar-refractivity contribution >= 4 is 34.7 Å². The minimum Gasteiger partial charge on any atom is -0.472 e. The Kier molecular flexibility index (Phi) is 5.92. The normalized spacial score (nSPS) is 16.8. The highest BCUT2D eigenvalue weighted by molar-refractivity contribution is 8.14. The zero-order chi connectivity index (χ0) is 22.0. The molecule has 2 N–H and O–H groups in total. The van der Waals surface area contributed by atoms with E-state index < -0.39 is 12.1 Å². The summed E-state index contributed by atoms with van der Waals surface area (Å²) in [5.41, 5.74) is 6.40. The molecule has 0 aromatic heterocycles. The first-order chi connectivity index (χ1) is 15.0. The van der Waals surface area contributed by atoms with Gasteiger partial charge < -0.3 is 20.1 Å². The summed E-state index contributed by atoms with van der Waals surface area (Å²) < 4.78 is 11.5. The van der Waals surface area contributed by atoms with Crippen LogP contribution >= 0.6 is 11.8 Å². The molecule has 0 saturated carbocycles. The molecule has 9 nitrogen and oxygen atoms in total. The molecule has 31 heavy (non-hydrogen) atoms. The number of fused-ring (bicyclic) bond motifs is 1. The number of carbonyl (C=O) groups is 4. The summed E-state index contributed by atoms with van der Waals surface area (Å²) in [5.74, 6) is -0.843. The van der Waals surface area contributed by atoms with Gasteiger partial charge in [-0.2, -0.15) is 0 Å². The van der Waals surface area contributed by atoms with E-state index in [2.05, 4.69) is 0 Å². The second-order valence-corrected chi connectivity index (χ2v) is 7.80. The van der Waals surface area contributed by atoms with Gasteiger partial charge in [-0.05, 0) is 18.2 Å². The topological polar surface area (TPSA) is 119 Å². The largest absolute Gasteiger partial charge is 0.472 e. The lowest BCUT2D eigenvalue weighted by molar-refractivity contribution is -0.136. The fraction of sp³-hybridized carbons (Fsp3) is 0.238. The third-order valence-electron chi connectivity index (χ3n) is 4.90. The van der Waals surface area contributed by atoms with E-state index in [1.54, 1.807) is 24.3 Å². The van der Waals surface area contributed by atoms with E-state index in [0.29, 0.717) is 11.3 Å². The number of ether oxygens (including phenoxy) is 2. The molecule has 0 spiro atoms. The number of imide groups is 1. The lowest BCUT2D eigenvalue weighted by Crippen LogP contribution is -2.42. The van der Waals surface area contributed by atoms with Crippen LogP contribution < -0.4 is 10.5 Å². The lowest BCUT2D eigenvalue weighted by atomic mass is 10.1. The van der Waals surface area contributed by atoms with Gasteiger partial charge in [0.05, 0.1) is 17.9 Å². The average Bonchev–Trinajstić information content (AvgIpc) is 3.11. The molecular formula is C21H19N3O6S. The van der Waals surface area contributed by atoms with Crippen LogP contribution in [0.2, 0.25) is 0 Å². The molecule has 160 valence electrons. The Bertz CT molecular complexity index is 1030. The van der Waals surface area contributed by atoms with Crippen molar-refractivity contribution in [2.75, 3.05) is 25.6 Å². The van der Waals surface area contributed by atoms with Crippen LogP contribution in [0.4, 0.5) is 4.79 Å². The van der Waals surface area contributed by atoms with Gasteiger partial charge in [0, 0.05) is 17.7 Å². The van der Waals surface area contributed by atoms with Crippen molar-refractivity contribution in [3.8, 4) is 5.75 Å². The van der Waals surface area contributed by atoms with Gasteiger partial charge in [0.1, 0.15) is 5.75 Å². The molecule has 4 rings (SSSR count). The fourth-order valence-electron chi connectivity index (χ4n) is 3.32. The second kappa shape index (κ2) is 8.78. The molecule has 2 aliphatic rings. The van der Waals surface area contributed by atoms with Crippen LogP contribution in [-0.2, 0) is 9.53 Å². The number of thioether (sulfide) groups is 1. The van der Waals surface area contributed by atoms with Crippen LogP contribution in [0.15, 0.2) is 48.5 Å². The molecule has 1 unspecified atom stereocenters. The fourth-order valence-corrected chi connectivity index (χ4v) is 4.04. The lowest BCUT2D eigenvalue weighted by Gasteiger charge is -2.30. The summed E-state index contributed by atoms with van der Waals surface area (Å²) in [5, 5.41) is -0.371. The van der Waals surface area contributed by atoms with Crippen LogP contribution in [-0.4, -0.2) is 58.4 Å². The SMILES string of the molecule is NC(=O)c1ccc2c(c1)C(=O)N(CCOC(c1ccccc1)N1C(=O)CSC1=O)CO2. The van der Waals surface area contributed by atoms with Crippen molar-refractivity contribution in [1.82, 2.24) is 9.80 Å². The summed E-state index contributed by atoms with van der Waals surface area (Å²) in [6, 6.07) is 13.4. The molecule has 2 heterocycles. The van der Waals surface area contributed by atoms with E-state index in [9.17, 15) is 19.2 Å². The zero-order valence-corrected chi connectivity index (χ0v) is 17.2. The summed E-state index contributed by atoms with van der Waals surface area (Å²) in [7, 11) is 0. The van der Waals surface area contributed by atoms with Crippen LogP contribution in [0.3, 0.4) is 0 Å². The van der Waals surface area contributed by atoms with Crippen LogP contribution in [0.5, 0.6) is 5.75 Å². The number of carbonyl (C=O) groups excluding carboxylic acids is 4. The number of nitrogens with zero attached hydrogens (tertiary/aromatic N) is 2. The molecule has 0 aliphatic carbocycles. The Hall–Kier alpha value is -3.37. The van der Waals surface area contributed by atoms with Gasteiger partial charge in [0.2, 0.25) is 11.8 Å². The Morgan fingerprint density at radius 1 is 1.16 bits per heavy atom. The minimum atomic E-state index is -0.884. The third kappa shape index (κ3) is 4.25. The van der Waals surface area contributed by atoms with Crippen molar-refractivity contribution in [3.05, 3.63) is 65.2 Å². The monoisotopic (exact) mass is 441 g/mol. The van der Waals surface area contributed by atoms with Gasteiger partial charge in [0.25, 0.3) is 11.1 Å². The van der Waals surface area contributed by atoms with Crippen molar-refractivity contribution in [1.29, 1.82) is 0 Å². The number of amides is 4. The predicted octanol–water partition coefficient (Wildman–Crippen LogP) is 1.99. The summed E-state index contributed by atoms with van der Waals surface area (Å²) in [6.45, 7) is 0.228. The number of hydrogen-bond donors (Lipinski definition) is 1. The molecule has 2 aromatic rings. The molecule has 2 aromatic carbocycles. The molecular weight excluding hydrogens is 422 g/mol. The number of hydrogen-bond acceptors (Lipinski definition) is 7. The molecule has 0 bridgehead atoms. The maximum Gasteiger partial charge on any atom is 0.291 e. The second-order valence-electron chi connectivity index (χ2n) is 6.87. The van der Waals surface area contributed by atoms with E-state index in [4.69, 9.17) is 15.2 Å². The van der Waals surface area contributed by atoms with E-state index in [0.717, 1.165) is 16.7 Å². The number of rotatable bonds is 7. The number of benzene rings is 2. The number of primary amides is 1. The van der Waals surface area contributed by atoms with Crippen molar-refractivity contribution in [2.45, 2.75) is 6.23 Å². The highest BCUT2D eigenvalue weighted by Gasteiger charge is 2.37. The van der Waals surface area contributed by atoms with Gasteiger partial charge in [-0.3, -0.25) is 19.2 Å². The van der Waals surface area contributed by atoms with Gasteiger partial charge in [-0.1, -0.05) is 42.1 Å². The molecule has 1 saturated heterocycles. The smallest absolute Gasteiger partial charge is 0.291 e. The standard InChI is InChI=1S/C21H19N3O6S/c22-18(26)14-6-7-16-15(10-14)19(27)23(12-30-16)8-9-29-20(13-4-2-1-3-5-13)24-17(25)11-31-21(24)28/h1-7,10,20H,8-9,11-12H2,(H2,22,26). The van der Waals surface area contributed by atoms with Crippen LogP contribution in [0, 0.1) is 0 Å². The Balaban J connectivity index is 1.46. The molecule has 1 fully saturated rings. The van der Waals surface area contributed by atoms with E-state index >= 15 is 0 Å². The Morgan fingerprint density at radius 2 is 1.94 bits per heavy atom. The van der Waals surface area contributed by atoms with Crippen LogP contribution in [0.25, 0.3) is 0 Å². The van der Waals surface area contributed by atoms with Crippen molar-refractivity contribution < 1.29 is 28.7 Å². The summed E-state index contributed by atoms with van der Waals surface area (Å²) >= 11 is 0.929. The predicted molar refractivity (Wildman–Crippen MR) is 111 cm³/mol. The van der Waals surface area contributed by atoms with E-state index in [1.165, 1.54) is 23.1 Å². The molecule has 4 amide bonds. The molecule has 2 aliphatic heterocycles. The zero-order valence-electron chi connectivity index (χ0n) is 16.4. The Labute approximate surface area is 182 Å². The first kappa shape index (κ1) is 20.9. The first-order valence-corrected chi connectivity index (χ1v) is 10.5. The highest BCUT2D eigenvalue weighted by atomic mass is 32.2. The average molecular weight is 441 g/mol. The summed E-state index contributed by atoms with van der Waals surface area (Å²) in [6.07, 6.45) is -0.884. The molecule has 10 heteroatoms. The molecule has 0 radical (unpaired) electrons. The quantitative estimate of drug-likeness (QED) is 0.698. The number of nitrogens with two attached hydrogens (primary N) is 1.